The summed E-state index contributed by atoms with van der Waals surface area (Å²) in [6, 6.07) is 5.88. The van der Waals surface area contributed by atoms with E-state index in [1.165, 1.54) is 0 Å². The molecule has 0 saturated carbocycles. The van der Waals surface area contributed by atoms with Gasteiger partial charge in [0.05, 0.1) is 5.69 Å². The summed E-state index contributed by atoms with van der Waals surface area (Å²) >= 11 is 2.24. The van der Waals surface area contributed by atoms with Gasteiger partial charge >= 0.3 is 0 Å². The minimum Gasteiger partial charge on any atom is -0.479 e. The van der Waals surface area contributed by atoms with Crippen LogP contribution >= 0.6 is 22.6 Å². The lowest BCUT2D eigenvalue weighted by molar-refractivity contribution is -0.125. The Balaban J connectivity index is 2.24. The molecule has 5 heteroatoms. The number of benzene rings is 1. The summed E-state index contributed by atoms with van der Waals surface area (Å²) in [6.07, 6.45) is 0.402. The first kappa shape index (κ1) is 13.6. The standard InChI is InChI=1S/C13H16INO3/c1-9-13(16)15(6-3-7-17-2)11-5-4-10(14)8-12(11)18-9/h4-5,8-9H,3,6-7H2,1-2H3. The largest absolute Gasteiger partial charge is 0.479 e. The molecule has 0 N–H and O–H groups in total. The van der Waals surface area contributed by atoms with Gasteiger partial charge in [-0.05, 0) is 54.1 Å². The molecule has 18 heavy (non-hydrogen) atoms. The molecule has 1 aliphatic heterocycles. The van der Waals surface area contributed by atoms with Crippen LogP contribution in [0.2, 0.25) is 0 Å². The number of anilines is 1. The first-order chi connectivity index (χ1) is 8.63. The predicted octanol–water partition coefficient (Wildman–Crippen LogP) is 2.44. The molecule has 98 valence electrons. The fourth-order valence-corrected chi connectivity index (χ4v) is 2.44. The summed E-state index contributed by atoms with van der Waals surface area (Å²) < 4.78 is 11.8. The number of nitrogens with zero attached hydrogens (tertiary/aromatic N) is 1. The van der Waals surface area contributed by atoms with Gasteiger partial charge in [0.15, 0.2) is 6.10 Å². The van der Waals surface area contributed by atoms with Gasteiger partial charge in [-0.1, -0.05) is 0 Å². The molecule has 0 radical (unpaired) electrons. The van der Waals surface area contributed by atoms with Crippen molar-refractivity contribution in [1.82, 2.24) is 0 Å². The summed E-state index contributed by atoms with van der Waals surface area (Å²) in [5.74, 6) is 0.797. The van der Waals surface area contributed by atoms with Crippen molar-refractivity contribution in [3.8, 4) is 5.75 Å². The Hall–Kier alpha value is -0.820. The van der Waals surface area contributed by atoms with Crippen LogP contribution in [0.5, 0.6) is 5.75 Å². The zero-order valence-corrected chi connectivity index (χ0v) is 12.6. The fourth-order valence-electron chi connectivity index (χ4n) is 1.98. The van der Waals surface area contributed by atoms with Crippen LogP contribution < -0.4 is 9.64 Å². The van der Waals surface area contributed by atoms with E-state index in [-0.39, 0.29) is 5.91 Å². The maximum absolute atomic E-state index is 12.1. The van der Waals surface area contributed by atoms with Gasteiger partial charge < -0.3 is 14.4 Å². The lowest BCUT2D eigenvalue weighted by Gasteiger charge is -2.33. The second kappa shape index (κ2) is 5.88. The van der Waals surface area contributed by atoms with Crippen molar-refractivity contribution in [2.45, 2.75) is 19.4 Å². The molecule has 0 spiro atoms. The van der Waals surface area contributed by atoms with E-state index in [1.807, 2.05) is 18.2 Å². The Bertz CT molecular complexity index is 450. The highest BCUT2D eigenvalue weighted by molar-refractivity contribution is 14.1. The summed E-state index contributed by atoms with van der Waals surface area (Å²) in [5.41, 5.74) is 0.856. The summed E-state index contributed by atoms with van der Waals surface area (Å²) in [4.78, 5) is 13.9. The third kappa shape index (κ3) is 2.77. The third-order valence-electron chi connectivity index (χ3n) is 2.86. The predicted molar refractivity (Wildman–Crippen MR) is 78.1 cm³/mol. The number of carbonyl (C=O) groups excluding carboxylic acids is 1. The number of hydrogen-bond acceptors (Lipinski definition) is 3. The highest BCUT2D eigenvalue weighted by Gasteiger charge is 2.30. The SMILES string of the molecule is COCCCN1C(=O)C(C)Oc2cc(I)ccc21. The second-order valence-corrected chi connectivity index (χ2v) is 5.45. The molecule has 1 aliphatic rings. The Morgan fingerprint density at radius 3 is 3.00 bits per heavy atom. The number of halogens is 1. The molecule has 1 amide bonds. The van der Waals surface area contributed by atoms with E-state index in [9.17, 15) is 4.79 Å². The van der Waals surface area contributed by atoms with Crippen LogP contribution in [0.1, 0.15) is 13.3 Å². The quantitative estimate of drug-likeness (QED) is 0.611. The number of amides is 1. The molecule has 0 fully saturated rings. The van der Waals surface area contributed by atoms with Gasteiger partial charge in [-0.25, -0.2) is 0 Å². The van der Waals surface area contributed by atoms with E-state index in [2.05, 4.69) is 22.6 Å². The summed E-state index contributed by atoms with van der Waals surface area (Å²) in [7, 11) is 1.67. The number of methoxy groups -OCH3 is 1. The van der Waals surface area contributed by atoms with E-state index in [0.717, 1.165) is 21.4 Å². The van der Waals surface area contributed by atoms with E-state index in [4.69, 9.17) is 9.47 Å². The molecule has 1 aromatic rings. The van der Waals surface area contributed by atoms with Gasteiger partial charge in [0.25, 0.3) is 5.91 Å². The molecule has 0 aromatic heterocycles. The highest BCUT2D eigenvalue weighted by Crippen LogP contribution is 2.35. The van der Waals surface area contributed by atoms with Crippen molar-refractivity contribution >= 4 is 34.2 Å². The van der Waals surface area contributed by atoms with Gasteiger partial charge in [-0.3, -0.25) is 4.79 Å². The van der Waals surface area contributed by atoms with Gasteiger partial charge in [0.2, 0.25) is 0 Å². The first-order valence-corrected chi connectivity index (χ1v) is 6.98. The molecule has 0 bridgehead atoms. The molecule has 4 nitrogen and oxygen atoms in total. The van der Waals surface area contributed by atoms with Crippen LogP contribution in [0, 0.1) is 3.57 Å². The summed E-state index contributed by atoms with van der Waals surface area (Å²) in [6.45, 7) is 3.10. The van der Waals surface area contributed by atoms with Crippen molar-refractivity contribution in [2.24, 2.45) is 0 Å². The second-order valence-electron chi connectivity index (χ2n) is 4.21. The highest BCUT2D eigenvalue weighted by atomic mass is 127. The Labute approximate surface area is 120 Å². The molecule has 1 aromatic carbocycles. The maximum atomic E-state index is 12.1. The Kier molecular flexibility index (Phi) is 4.45. The van der Waals surface area contributed by atoms with Crippen molar-refractivity contribution < 1.29 is 14.3 Å². The average Bonchev–Trinajstić information content (AvgIpc) is 2.34. The van der Waals surface area contributed by atoms with Gasteiger partial charge in [-0.2, -0.15) is 0 Å². The molecule has 1 atom stereocenters. The van der Waals surface area contributed by atoms with Crippen molar-refractivity contribution in [1.29, 1.82) is 0 Å². The number of fused-ring (bicyclic) bond motifs is 1. The van der Waals surface area contributed by atoms with Crippen molar-refractivity contribution in [3.05, 3.63) is 21.8 Å². The van der Waals surface area contributed by atoms with Gasteiger partial charge in [0, 0.05) is 23.8 Å². The Morgan fingerprint density at radius 1 is 1.50 bits per heavy atom. The normalized spacial score (nSPS) is 18.5. The molecule has 2 rings (SSSR count). The van der Waals surface area contributed by atoms with Crippen LogP contribution in [-0.4, -0.2) is 32.3 Å². The minimum absolute atomic E-state index is 0.0137. The minimum atomic E-state index is -0.418. The summed E-state index contributed by atoms with van der Waals surface area (Å²) in [5, 5.41) is 0. The van der Waals surface area contributed by atoms with Crippen LogP contribution in [0.15, 0.2) is 18.2 Å². The molecule has 1 heterocycles. The molecule has 0 aliphatic carbocycles. The molecular weight excluding hydrogens is 345 g/mol. The monoisotopic (exact) mass is 361 g/mol. The third-order valence-corrected chi connectivity index (χ3v) is 3.53. The number of carbonyl (C=O) groups is 1. The fraction of sp³-hybridized carbons (Fsp3) is 0.462. The van der Waals surface area contributed by atoms with Crippen molar-refractivity contribution in [3.63, 3.8) is 0 Å². The Morgan fingerprint density at radius 2 is 2.28 bits per heavy atom. The maximum Gasteiger partial charge on any atom is 0.267 e. The van der Waals surface area contributed by atoms with E-state index >= 15 is 0 Å². The number of rotatable bonds is 4. The van der Waals surface area contributed by atoms with E-state index in [0.29, 0.717) is 13.2 Å². The molecule has 0 saturated heterocycles. The lowest BCUT2D eigenvalue weighted by atomic mass is 10.2. The van der Waals surface area contributed by atoms with Crippen molar-refractivity contribution in [2.75, 3.05) is 25.2 Å². The molecular formula is C13H16INO3. The average molecular weight is 361 g/mol. The van der Waals surface area contributed by atoms with Gasteiger partial charge in [-0.15, -0.1) is 0 Å². The van der Waals surface area contributed by atoms with E-state index in [1.54, 1.807) is 18.9 Å². The number of ether oxygens (including phenoxy) is 2. The topological polar surface area (TPSA) is 38.8 Å². The van der Waals surface area contributed by atoms with Crippen LogP contribution in [-0.2, 0) is 9.53 Å². The number of hydrogen-bond donors (Lipinski definition) is 0. The molecule has 1 unspecified atom stereocenters. The van der Waals surface area contributed by atoms with Crippen LogP contribution in [0.4, 0.5) is 5.69 Å². The van der Waals surface area contributed by atoms with Gasteiger partial charge in [0.1, 0.15) is 5.75 Å². The zero-order valence-electron chi connectivity index (χ0n) is 10.5. The lowest BCUT2D eigenvalue weighted by Crippen LogP contribution is -2.45. The van der Waals surface area contributed by atoms with Crippen LogP contribution in [0.3, 0.4) is 0 Å². The zero-order chi connectivity index (χ0) is 13.1. The van der Waals surface area contributed by atoms with Crippen LogP contribution in [0.25, 0.3) is 0 Å². The first-order valence-electron chi connectivity index (χ1n) is 5.90. The van der Waals surface area contributed by atoms with E-state index < -0.39 is 6.10 Å². The smallest absolute Gasteiger partial charge is 0.267 e.